The number of hydrogen-bond donors (Lipinski definition) is 2. The molecule has 0 spiro atoms. The highest BCUT2D eigenvalue weighted by Crippen LogP contribution is 2.38. The molecule has 0 unspecified atom stereocenters. The summed E-state index contributed by atoms with van der Waals surface area (Å²) in [6.45, 7) is 14.4. The predicted octanol–water partition coefficient (Wildman–Crippen LogP) is 5.70. The predicted molar refractivity (Wildman–Crippen MR) is 113 cm³/mol. The van der Waals surface area contributed by atoms with Crippen LogP contribution in [0.2, 0.25) is 0 Å². The lowest BCUT2D eigenvalue weighted by Gasteiger charge is -2.21. The van der Waals surface area contributed by atoms with E-state index in [-0.39, 0.29) is 6.16 Å². The van der Waals surface area contributed by atoms with Crippen molar-refractivity contribution >= 4 is 13.7 Å². The van der Waals surface area contributed by atoms with E-state index in [1.165, 1.54) is 58.2 Å². The molecule has 2 N–H and O–H groups in total. The summed E-state index contributed by atoms with van der Waals surface area (Å²) < 4.78 is 10.6. The van der Waals surface area contributed by atoms with Gasteiger partial charge in [0.05, 0.1) is 6.16 Å². The van der Waals surface area contributed by atoms with Crippen LogP contribution in [0.4, 0.5) is 0 Å². The van der Waals surface area contributed by atoms with Gasteiger partial charge in [0.2, 0.25) is 0 Å². The Morgan fingerprint density at radius 3 is 1.65 bits per heavy atom. The van der Waals surface area contributed by atoms with Gasteiger partial charge in [-0.3, -0.25) is 4.57 Å². The molecule has 0 aliphatic heterocycles. The summed E-state index contributed by atoms with van der Waals surface area (Å²) in [5.41, 5.74) is 1.58. The molecular weight excluding hydrogens is 345 g/mol. The molecule has 0 aliphatic rings. The van der Waals surface area contributed by atoms with Crippen LogP contribution in [-0.4, -0.2) is 34.3 Å². The second-order valence-corrected chi connectivity index (χ2v) is 8.32. The second-order valence-electron chi connectivity index (χ2n) is 6.67. The van der Waals surface area contributed by atoms with Crippen molar-refractivity contribution in [2.45, 2.75) is 65.5 Å². The van der Waals surface area contributed by atoms with Gasteiger partial charge in [-0.15, -0.1) is 0 Å². The molecule has 5 heteroatoms. The van der Waals surface area contributed by atoms with E-state index in [0.29, 0.717) is 5.56 Å². The Kier molecular flexibility index (Phi) is 14.6. The SMILES string of the molecule is C=Cc1ccc(CP(=O)(O)O)cc1.CCCCN(CCCC)CCCC. The van der Waals surface area contributed by atoms with Crippen LogP contribution in [0.15, 0.2) is 30.8 Å². The molecule has 4 nitrogen and oxygen atoms in total. The van der Waals surface area contributed by atoms with Crippen LogP contribution in [-0.2, 0) is 10.7 Å². The molecule has 0 saturated carbocycles. The number of nitrogens with zero attached hydrogens (tertiary/aromatic N) is 1. The molecule has 1 rings (SSSR count). The maximum absolute atomic E-state index is 10.6. The molecule has 0 bridgehead atoms. The van der Waals surface area contributed by atoms with Crippen LogP contribution >= 0.6 is 7.60 Å². The monoisotopic (exact) mass is 383 g/mol. The Balaban J connectivity index is 0.000000481. The third-order valence-electron chi connectivity index (χ3n) is 4.09. The van der Waals surface area contributed by atoms with Crippen molar-refractivity contribution in [2.24, 2.45) is 0 Å². The highest BCUT2D eigenvalue weighted by atomic mass is 31.2. The van der Waals surface area contributed by atoms with E-state index in [9.17, 15) is 4.57 Å². The van der Waals surface area contributed by atoms with Gasteiger partial charge in [0.1, 0.15) is 0 Å². The Bertz CT molecular complexity index is 491. The summed E-state index contributed by atoms with van der Waals surface area (Å²) in [5, 5.41) is 0. The van der Waals surface area contributed by atoms with Crippen molar-refractivity contribution in [1.82, 2.24) is 4.90 Å². The quantitative estimate of drug-likeness (QED) is 0.455. The molecule has 0 saturated heterocycles. The smallest absolute Gasteiger partial charge is 0.324 e. The summed E-state index contributed by atoms with van der Waals surface area (Å²) in [7, 11) is -3.94. The largest absolute Gasteiger partial charge is 0.329 e. The maximum atomic E-state index is 10.6. The van der Waals surface area contributed by atoms with Gasteiger partial charge in [0.25, 0.3) is 0 Å². The molecule has 0 aliphatic carbocycles. The number of rotatable bonds is 12. The van der Waals surface area contributed by atoms with Crippen LogP contribution in [0.25, 0.3) is 6.08 Å². The van der Waals surface area contributed by atoms with Crippen molar-refractivity contribution in [3.8, 4) is 0 Å². The zero-order valence-electron chi connectivity index (χ0n) is 16.9. The first-order valence-corrected chi connectivity index (χ1v) is 11.6. The number of hydrogen-bond acceptors (Lipinski definition) is 2. The highest BCUT2D eigenvalue weighted by molar-refractivity contribution is 7.50. The molecule has 150 valence electrons. The lowest BCUT2D eigenvalue weighted by Crippen LogP contribution is -2.27. The van der Waals surface area contributed by atoms with E-state index in [0.717, 1.165) is 5.56 Å². The maximum Gasteiger partial charge on any atom is 0.329 e. The molecule has 26 heavy (non-hydrogen) atoms. The zero-order chi connectivity index (χ0) is 19.8. The molecule has 0 heterocycles. The molecule has 1 aromatic carbocycles. The number of unbranched alkanes of at least 4 members (excludes halogenated alkanes) is 3. The summed E-state index contributed by atoms with van der Waals surface area (Å²) in [4.78, 5) is 20.0. The van der Waals surface area contributed by atoms with Crippen molar-refractivity contribution in [2.75, 3.05) is 19.6 Å². The van der Waals surface area contributed by atoms with Gasteiger partial charge in [0, 0.05) is 0 Å². The van der Waals surface area contributed by atoms with Crippen LogP contribution in [0.3, 0.4) is 0 Å². The van der Waals surface area contributed by atoms with Gasteiger partial charge in [-0.1, -0.05) is 77.0 Å². The third-order valence-corrected chi connectivity index (χ3v) is 4.86. The third kappa shape index (κ3) is 14.3. The average molecular weight is 384 g/mol. The minimum atomic E-state index is -3.94. The van der Waals surface area contributed by atoms with Crippen LogP contribution in [0.5, 0.6) is 0 Å². The first kappa shape index (κ1) is 25.1. The molecule has 1 aromatic rings. The Labute approximate surface area is 160 Å². The van der Waals surface area contributed by atoms with Crippen molar-refractivity contribution < 1.29 is 14.4 Å². The Hall–Kier alpha value is -0.930. The van der Waals surface area contributed by atoms with Crippen LogP contribution in [0.1, 0.15) is 70.4 Å². The van der Waals surface area contributed by atoms with Gasteiger partial charge in [-0.2, -0.15) is 0 Å². The second kappa shape index (κ2) is 15.2. The first-order chi connectivity index (χ1) is 12.4. The molecule has 0 fully saturated rings. The Morgan fingerprint density at radius 1 is 0.923 bits per heavy atom. The fourth-order valence-corrected chi connectivity index (χ4v) is 3.16. The highest BCUT2D eigenvalue weighted by Gasteiger charge is 2.13. The first-order valence-electron chi connectivity index (χ1n) is 9.84. The summed E-state index contributed by atoms with van der Waals surface area (Å²) in [6, 6.07) is 6.93. The molecule has 0 radical (unpaired) electrons. The van der Waals surface area contributed by atoms with Gasteiger partial charge in [-0.05, 0) is 50.0 Å². The average Bonchev–Trinajstić information content (AvgIpc) is 2.61. The topological polar surface area (TPSA) is 60.8 Å². The van der Waals surface area contributed by atoms with Crippen LogP contribution < -0.4 is 0 Å². The van der Waals surface area contributed by atoms with E-state index in [1.54, 1.807) is 30.3 Å². The van der Waals surface area contributed by atoms with Gasteiger partial charge >= 0.3 is 7.60 Å². The normalized spacial score (nSPS) is 11.2. The Morgan fingerprint density at radius 2 is 1.35 bits per heavy atom. The molecule has 0 amide bonds. The summed E-state index contributed by atoms with van der Waals surface area (Å²) >= 11 is 0. The van der Waals surface area contributed by atoms with Crippen LogP contribution in [0, 0.1) is 0 Å². The van der Waals surface area contributed by atoms with E-state index < -0.39 is 7.60 Å². The van der Waals surface area contributed by atoms with E-state index in [1.807, 2.05) is 0 Å². The lowest BCUT2D eigenvalue weighted by molar-refractivity contribution is 0.261. The van der Waals surface area contributed by atoms with Crippen molar-refractivity contribution in [3.05, 3.63) is 42.0 Å². The molecule has 0 aromatic heterocycles. The minimum absolute atomic E-state index is 0.204. The lowest BCUT2D eigenvalue weighted by atomic mass is 10.1. The van der Waals surface area contributed by atoms with E-state index in [2.05, 4.69) is 32.3 Å². The van der Waals surface area contributed by atoms with Gasteiger partial charge in [0.15, 0.2) is 0 Å². The van der Waals surface area contributed by atoms with Gasteiger partial charge in [-0.25, -0.2) is 0 Å². The van der Waals surface area contributed by atoms with Gasteiger partial charge < -0.3 is 14.7 Å². The fraction of sp³-hybridized carbons (Fsp3) is 0.619. The van der Waals surface area contributed by atoms with Crippen molar-refractivity contribution in [1.29, 1.82) is 0 Å². The summed E-state index contributed by atoms with van der Waals surface area (Å²) in [5.74, 6) is 0. The number of benzene rings is 1. The zero-order valence-corrected chi connectivity index (χ0v) is 17.8. The van der Waals surface area contributed by atoms with E-state index in [4.69, 9.17) is 9.79 Å². The molecular formula is C21H38NO3P. The minimum Gasteiger partial charge on any atom is -0.324 e. The molecule has 0 atom stereocenters. The fourth-order valence-electron chi connectivity index (χ4n) is 2.48. The standard InChI is InChI=1S/C12H27N.C9H11O3P/c1-4-7-10-13(11-8-5-2)12-9-6-3;1-2-8-3-5-9(6-4-8)7-13(10,11)12/h4-12H2,1-3H3;2-6H,1,7H2,(H2,10,11,12). The van der Waals surface area contributed by atoms with Crippen molar-refractivity contribution in [3.63, 3.8) is 0 Å². The summed E-state index contributed by atoms with van der Waals surface area (Å²) in [6.07, 6.45) is 9.57. The van der Waals surface area contributed by atoms with E-state index >= 15 is 0 Å².